The van der Waals surface area contributed by atoms with E-state index in [1.165, 1.54) is 22.2 Å². The molecule has 1 aromatic carbocycles. The molecule has 1 aliphatic carbocycles. The second-order valence-electron chi connectivity index (χ2n) is 7.03. The molecular formula is C22H23N3O3S2. The van der Waals surface area contributed by atoms with Gasteiger partial charge in [-0.2, -0.15) is 0 Å². The van der Waals surface area contributed by atoms with Crippen LogP contribution < -0.4 is 15.6 Å². The van der Waals surface area contributed by atoms with Crippen LogP contribution in [0.25, 0.3) is 10.2 Å². The quantitative estimate of drug-likeness (QED) is 0.337. The monoisotopic (exact) mass is 441 g/mol. The Balaban J connectivity index is 1.60. The number of carbonyl (C=O) groups is 1. The second-order valence-corrected chi connectivity index (χ2v) is 9.05. The van der Waals surface area contributed by atoms with Gasteiger partial charge in [0.2, 0.25) is 5.91 Å². The molecule has 4 rings (SSSR count). The highest BCUT2D eigenvalue weighted by Crippen LogP contribution is 2.34. The van der Waals surface area contributed by atoms with Gasteiger partial charge in [0.25, 0.3) is 5.56 Å². The van der Waals surface area contributed by atoms with Gasteiger partial charge in [0.1, 0.15) is 10.6 Å². The highest BCUT2D eigenvalue weighted by molar-refractivity contribution is 7.99. The summed E-state index contributed by atoms with van der Waals surface area (Å²) in [5.41, 5.74) is 1.75. The summed E-state index contributed by atoms with van der Waals surface area (Å²) in [4.78, 5) is 32.6. The Kier molecular flexibility index (Phi) is 6.24. The number of nitrogens with zero attached hydrogens (tertiary/aromatic N) is 2. The summed E-state index contributed by atoms with van der Waals surface area (Å²) in [7, 11) is 1.56. The fourth-order valence-corrected chi connectivity index (χ4v) is 5.80. The van der Waals surface area contributed by atoms with Gasteiger partial charge in [-0.25, -0.2) is 4.98 Å². The minimum absolute atomic E-state index is 0.0352. The Morgan fingerprint density at radius 1 is 1.37 bits per heavy atom. The van der Waals surface area contributed by atoms with Crippen molar-refractivity contribution in [2.75, 3.05) is 18.2 Å². The van der Waals surface area contributed by atoms with Crippen LogP contribution in [0.5, 0.6) is 5.75 Å². The smallest absolute Gasteiger partial charge is 0.263 e. The Morgan fingerprint density at radius 2 is 2.17 bits per heavy atom. The zero-order valence-electron chi connectivity index (χ0n) is 16.8. The number of allylic oxidation sites excluding steroid dienone is 1. The molecule has 30 heavy (non-hydrogen) atoms. The molecule has 0 bridgehead atoms. The van der Waals surface area contributed by atoms with Crippen molar-refractivity contribution in [2.45, 2.75) is 37.4 Å². The summed E-state index contributed by atoms with van der Waals surface area (Å²) in [6.07, 6.45) is 5.91. The van der Waals surface area contributed by atoms with Gasteiger partial charge >= 0.3 is 0 Å². The number of nitrogens with one attached hydrogen (secondary N) is 1. The average Bonchev–Trinajstić information content (AvgIpc) is 3.13. The number of thioether (sulfide) groups is 1. The first-order valence-corrected chi connectivity index (χ1v) is 11.6. The predicted octanol–water partition coefficient (Wildman–Crippen LogP) is 4.26. The lowest BCUT2D eigenvalue weighted by molar-refractivity contribution is -0.113. The van der Waals surface area contributed by atoms with Gasteiger partial charge in [0.15, 0.2) is 5.16 Å². The van der Waals surface area contributed by atoms with Crippen LogP contribution in [-0.2, 0) is 24.2 Å². The first-order chi connectivity index (χ1) is 14.6. The molecule has 3 aromatic rings. The Hall–Kier alpha value is -2.58. The van der Waals surface area contributed by atoms with E-state index < -0.39 is 0 Å². The third-order valence-corrected chi connectivity index (χ3v) is 7.23. The van der Waals surface area contributed by atoms with E-state index in [0.717, 1.165) is 35.9 Å². The van der Waals surface area contributed by atoms with Crippen LogP contribution in [-0.4, -0.2) is 28.3 Å². The van der Waals surface area contributed by atoms with Crippen molar-refractivity contribution in [1.82, 2.24) is 9.55 Å². The van der Waals surface area contributed by atoms with Crippen LogP contribution >= 0.6 is 23.1 Å². The van der Waals surface area contributed by atoms with E-state index in [-0.39, 0.29) is 17.2 Å². The third kappa shape index (κ3) is 4.02. The number of aryl methyl sites for hydroxylation is 2. The highest BCUT2D eigenvalue weighted by atomic mass is 32.2. The van der Waals surface area contributed by atoms with Crippen molar-refractivity contribution in [3.63, 3.8) is 0 Å². The molecular weight excluding hydrogens is 418 g/mol. The number of methoxy groups -OCH3 is 1. The zero-order chi connectivity index (χ0) is 21.1. The van der Waals surface area contributed by atoms with E-state index in [4.69, 9.17) is 9.72 Å². The van der Waals surface area contributed by atoms with Crippen molar-refractivity contribution in [2.24, 2.45) is 0 Å². The lowest BCUT2D eigenvalue weighted by atomic mass is 9.97. The molecule has 8 heteroatoms. The van der Waals surface area contributed by atoms with Crippen molar-refractivity contribution in [3.8, 4) is 5.75 Å². The minimum atomic E-state index is -0.186. The van der Waals surface area contributed by atoms with Crippen molar-refractivity contribution in [3.05, 3.63) is 57.7 Å². The van der Waals surface area contributed by atoms with Gasteiger partial charge in [0.05, 0.1) is 23.9 Å². The van der Waals surface area contributed by atoms with E-state index in [9.17, 15) is 9.59 Å². The maximum atomic E-state index is 13.2. The number of aromatic nitrogens is 2. The van der Waals surface area contributed by atoms with Crippen molar-refractivity contribution < 1.29 is 9.53 Å². The summed E-state index contributed by atoms with van der Waals surface area (Å²) in [5.74, 6) is 0.552. The number of thiophene rings is 1. The summed E-state index contributed by atoms with van der Waals surface area (Å²) in [6, 6.07) is 7.26. The Bertz CT molecular complexity index is 1170. The lowest BCUT2D eigenvalue weighted by Gasteiger charge is -2.13. The maximum absolute atomic E-state index is 13.2. The number of rotatable bonds is 7. The normalized spacial score (nSPS) is 13.1. The number of benzene rings is 1. The number of para-hydroxylation sites is 2. The predicted molar refractivity (Wildman–Crippen MR) is 123 cm³/mol. The van der Waals surface area contributed by atoms with Crippen LogP contribution in [0.3, 0.4) is 0 Å². The fraction of sp³-hybridized carbons (Fsp3) is 0.318. The van der Waals surface area contributed by atoms with Crippen molar-refractivity contribution in [1.29, 1.82) is 0 Å². The largest absolute Gasteiger partial charge is 0.495 e. The van der Waals surface area contributed by atoms with Gasteiger partial charge in [-0.05, 0) is 43.4 Å². The van der Waals surface area contributed by atoms with E-state index >= 15 is 0 Å². The van der Waals surface area contributed by atoms with Crippen LogP contribution in [0.4, 0.5) is 5.69 Å². The first kappa shape index (κ1) is 20.7. The summed E-state index contributed by atoms with van der Waals surface area (Å²) in [6.45, 7) is 4.14. The molecule has 156 valence electrons. The molecule has 6 nitrogen and oxygen atoms in total. The van der Waals surface area contributed by atoms with Gasteiger partial charge in [-0.1, -0.05) is 30.0 Å². The summed E-state index contributed by atoms with van der Waals surface area (Å²) in [5, 5.41) is 4.15. The van der Waals surface area contributed by atoms with Crippen LogP contribution in [0, 0.1) is 0 Å². The van der Waals surface area contributed by atoms with Crippen LogP contribution in [0.1, 0.15) is 23.3 Å². The van der Waals surface area contributed by atoms with Crippen LogP contribution in [0.15, 0.2) is 46.9 Å². The standard InChI is InChI=1S/C22H23N3O3S2/c1-3-12-25-21(27)19-14-8-4-7-11-17(14)30-20(19)24-22(25)29-13-18(26)23-15-9-5-6-10-16(15)28-2/h3,5-6,9-10H,1,4,7-8,11-13H2,2H3,(H,23,26). The molecule has 1 N–H and O–H groups in total. The number of carbonyl (C=O) groups excluding carboxylic acids is 1. The molecule has 0 radical (unpaired) electrons. The molecule has 0 spiro atoms. The number of amides is 1. The Labute approximate surface area is 183 Å². The highest BCUT2D eigenvalue weighted by Gasteiger charge is 2.22. The van der Waals surface area contributed by atoms with E-state index in [0.29, 0.717) is 23.1 Å². The molecule has 0 saturated carbocycles. The molecule has 0 unspecified atom stereocenters. The molecule has 0 aliphatic heterocycles. The maximum Gasteiger partial charge on any atom is 0.263 e. The molecule has 0 saturated heterocycles. The minimum Gasteiger partial charge on any atom is -0.495 e. The average molecular weight is 442 g/mol. The van der Waals surface area contributed by atoms with Gasteiger partial charge in [-0.15, -0.1) is 17.9 Å². The van der Waals surface area contributed by atoms with Gasteiger partial charge in [-0.3, -0.25) is 14.2 Å². The van der Waals surface area contributed by atoms with Gasteiger partial charge in [0, 0.05) is 11.4 Å². The third-order valence-electron chi connectivity index (χ3n) is 5.06. The van der Waals surface area contributed by atoms with Gasteiger partial charge < -0.3 is 10.1 Å². The van der Waals surface area contributed by atoms with E-state index in [1.54, 1.807) is 41.2 Å². The number of hydrogen-bond donors (Lipinski definition) is 1. The first-order valence-electron chi connectivity index (χ1n) is 9.84. The number of fused-ring (bicyclic) bond motifs is 3. The van der Waals surface area contributed by atoms with E-state index in [1.807, 2.05) is 12.1 Å². The molecule has 1 aliphatic rings. The number of ether oxygens (including phenoxy) is 1. The SMILES string of the molecule is C=CCn1c(SCC(=O)Nc2ccccc2OC)nc2sc3c(c2c1=O)CCCC3. The zero-order valence-corrected chi connectivity index (χ0v) is 18.4. The molecule has 0 fully saturated rings. The molecule has 2 heterocycles. The number of anilines is 1. The fourth-order valence-electron chi connectivity index (χ4n) is 3.68. The molecule has 1 amide bonds. The summed E-state index contributed by atoms with van der Waals surface area (Å²) < 4.78 is 6.90. The van der Waals surface area contributed by atoms with Crippen molar-refractivity contribution >= 4 is 44.9 Å². The topological polar surface area (TPSA) is 73.2 Å². The molecule has 2 aromatic heterocycles. The number of hydrogen-bond acceptors (Lipinski definition) is 6. The lowest BCUT2D eigenvalue weighted by Crippen LogP contribution is -2.24. The van der Waals surface area contributed by atoms with Crippen LogP contribution in [0.2, 0.25) is 0 Å². The summed E-state index contributed by atoms with van der Waals surface area (Å²) >= 11 is 2.88. The second kappa shape index (κ2) is 9.06. The van der Waals surface area contributed by atoms with E-state index in [2.05, 4.69) is 11.9 Å². The molecule has 0 atom stereocenters. The Morgan fingerprint density at radius 3 is 2.97 bits per heavy atom.